The maximum atomic E-state index is 12.1. The third kappa shape index (κ3) is 5.47. The SMILES string of the molecule is C=CCNC(=O)NC(=O)[C@@H](C)N1CCO[C@@H](C(C)(C)C)C1. The van der Waals surface area contributed by atoms with E-state index < -0.39 is 6.03 Å². The smallest absolute Gasteiger partial charge is 0.321 e. The number of ether oxygens (including phenoxy) is 1. The fourth-order valence-corrected chi connectivity index (χ4v) is 2.14. The summed E-state index contributed by atoms with van der Waals surface area (Å²) < 4.78 is 5.77. The molecule has 1 fully saturated rings. The van der Waals surface area contributed by atoms with E-state index in [1.54, 1.807) is 13.0 Å². The van der Waals surface area contributed by atoms with Gasteiger partial charge in [-0.25, -0.2) is 4.79 Å². The maximum Gasteiger partial charge on any atom is 0.321 e. The Bertz CT molecular complexity index is 390. The molecule has 1 heterocycles. The van der Waals surface area contributed by atoms with E-state index in [4.69, 9.17) is 4.74 Å². The zero-order chi connectivity index (χ0) is 16.0. The first-order valence-corrected chi connectivity index (χ1v) is 7.31. The minimum absolute atomic E-state index is 0.0240. The van der Waals surface area contributed by atoms with Crippen LogP contribution in [0.4, 0.5) is 4.79 Å². The van der Waals surface area contributed by atoms with Gasteiger partial charge in [-0.3, -0.25) is 15.0 Å². The van der Waals surface area contributed by atoms with E-state index in [0.29, 0.717) is 26.2 Å². The van der Waals surface area contributed by atoms with Crippen LogP contribution in [0.15, 0.2) is 12.7 Å². The Morgan fingerprint density at radius 1 is 1.48 bits per heavy atom. The molecule has 1 aliphatic rings. The second kappa shape index (κ2) is 7.56. The highest BCUT2D eigenvalue weighted by atomic mass is 16.5. The van der Waals surface area contributed by atoms with Gasteiger partial charge in [0.05, 0.1) is 18.8 Å². The molecule has 2 atom stereocenters. The molecule has 0 aromatic rings. The number of carbonyl (C=O) groups is 2. The largest absolute Gasteiger partial charge is 0.375 e. The molecule has 120 valence electrons. The Morgan fingerprint density at radius 2 is 2.14 bits per heavy atom. The lowest BCUT2D eigenvalue weighted by Gasteiger charge is -2.41. The summed E-state index contributed by atoms with van der Waals surface area (Å²) in [6.07, 6.45) is 1.64. The number of nitrogens with zero attached hydrogens (tertiary/aromatic N) is 1. The summed E-state index contributed by atoms with van der Waals surface area (Å²) in [5.74, 6) is -0.300. The van der Waals surface area contributed by atoms with Gasteiger partial charge in [-0.1, -0.05) is 26.8 Å². The molecule has 0 aromatic heterocycles. The zero-order valence-electron chi connectivity index (χ0n) is 13.4. The summed E-state index contributed by atoms with van der Waals surface area (Å²) >= 11 is 0. The number of amides is 3. The summed E-state index contributed by atoms with van der Waals surface area (Å²) in [4.78, 5) is 25.6. The van der Waals surface area contributed by atoms with E-state index in [1.807, 2.05) is 0 Å². The standard InChI is InChI=1S/C15H27N3O3/c1-6-7-16-14(20)17-13(19)11(2)18-8-9-21-12(10-18)15(3,4)5/h6,11-12H,1,7-10H2,2-5H3,(H2,16,17,19,20)/t11-,12-/m1/s1. The summed E-state index contributed by atoms with van der Waals surface area (Å²) in [5, 5.41) is 4.87. The zero-order valence-corrected chi connectivity index (χ0v) is 13.4. The molecule has 0 unspecified atom stereocenters. The molecule has 21 heavy (non-hydrogen) atoms. The molecule has 0 bridgehead atoms. The van der Waals surface area contributed by atoms with E-state index in [9.17, 15) is 9.59 Å². The molecule has 0 aliphatic carbocycles. The van der Waals surface area contributed by atoms with Crippen LogP contribution in [-0.4, -0.2) is 55.2 Å². The van der Waals surface area contributed by atoms with Crippen molar-refractivity contribution in [3.05, 3.63) is 12.7 Å². The van der Waals surface area contributed by atoms with Crippen LogP contribution in [0.1, 0.15) is 27.7 Å². The predicted molar refractivity (Wildman–Crippen MR) is 82.0 cm³/mol. The fourth-order valence-electron chi connectivity index (χ4n) is 2.14. The lowest BCUT2D eigenvalue weighted by atomic mass is 9.88. The first-order valence-electron chi connectivity index (χ1n) is 7.31. The van der Waals surface area contributed by atoms with Gasteiger partial charge < -0.3 is 10.1 Å². The Hall–Kier alpha value is -1.40. The van der Waals surface area contributed by atoms with Gasteiger partial charge in [0.25, 0.3) is 0 Å². The van der Waals surface area contributed by atoms with Crippen molar-refractivity contribution >= 4 is 11.9 Å². The Balaban J connectivity index is 2.53. The van der Waals surface area contributed by atoms with Crippen molar-refractivity contribution in [3.63, 3.8) is 0 Å². The monoisotopic (exact) mass is 297 g/mol. The van der Waals surface area contributed by atoms with Crippen LogP contribution in [0.5, 0.6) is 0 Å². The Morgan fingerprint density at radius 3 is 2.71 bits per heavy atom. The van der Waals surface area contributed by atoms with Crippen molar-refractivity contribution in [1.29, 1.82) is 0 Å². The van der Waals surface area contributed by atoms with Crippen LogP contribution >= 0.6 is 0 Å². The van der Waals surface area contributed by atoms with Crippen molar-refractivity contribution < 1.29 is 14.3 Å². The molecule has 6 heteroatoms. The van der Waals surface area contributed by atoms with Crippen molar-refractivity contribution in [2.45, 2.75) is 39.8 Å². The first-order chi connectivity index (χ1) is 9.75. The number of morpholine rings is 1. The predicted octanol–water partition coefficient (Wildman–Crippen LogP) is 1.13. The van der Waals surface area contributed by atoms with Gasteiger partial charge in [0.15, 0.2) is 0 Å². The number of hydrogen-bond donors (Lipinski definition) is 2. The molecule has 6 nitrogen and oxygen atoms in total. The third-order valence-corrected chi connectivity index (χ3v) is 3.63. The Kier molecular flexibility index (Phi) is 6.36. The molecule has 2 N–H and O–H groups in total. The third-order valence-electron chi connectivity index (χ3n) is 3.63. The van der Waals surface area contributed by atoms with E-state index in [2.05, 4.69) is 42.9 Å². The lowest BCUT2D eigenvalue weighted by molar-refractivity contribution is -0.131. The highest BCUT2D eigenvalue weighted by molar-refractivity contribution is 5.96. The highest BCUT2D eigenvalue weighted by Crippen LogP contribution is 2.26. The second-order valence-corrected chi connectivity index (χ2v) is 6.38. The fraction of sp³-hybridized carbons (Fsp3) is 0.733. The van der Waals surface area contributed by atoms with Crippen molar-refractivity contribution in [2.75, 3.05) is 26.2 Å². The first kappa shape index (κ1) is 17.7. The van der Waals surface area contributed by atoms with Gasteiger partial charge in [-0.15, -0.1) is 6.58 Å². The minimum atomic E-state index is -0.493. The van der Waals surface area contributed by atoms with Gasteiger partial charge in [-0.05, 0) is 12.3 Å². The number of imide groups is 1. The minimum Gasteiger partial charge on any atom is -0.375 e. The van der Waals surface area contributed by atoms with Gasteiger partial charge in [-0.2, -0.15) is 0 Å². The lowest BCUT2D eigenvalue weighted by Crippen LogP contribution is -2.56. The summed E-state index contributed by atoms with van der Waals surface area (Å²) in [6, 6.07) is -0.861. The summed E-state index contributed by atoms with van der Waals surface area (Å²) in [5.41, 5.74) is 0.0240. The van der Waals surface area contributed by atoms with Gasteiger partial charge in [0.1, 0.15) is 0 Å². The van der Waals surface area contributed by atoms with Crippen LogP contribution in [-0.2, 0) is 9.53 Å². The molecule has 0 aromatic carbocycles. The number of carbonyl (C=O) groups excluding carboxylic acids is 2. The normalized spacial score (nSPS) is 21.4. The van der Waals surface area contributed by atoms with Crippen LogP contribution < -0.4 is 10.6 Å². The number of nitrogens with one attached hydrogen (secondary N) is 2. The number of hydrogen-bond acceptors (Lipinski definition) is 4. The maximum absolute atomic E-state index is 12.1. The molecule has 1 saturated heterocycles. The molecule has 0 spiro atoms. The molecular formula is C15H27N3O3. The quantitative estimate of drug-likeness (QED) is 0.763. The van der Waals surface area contributed by atoms with Gasteiger partial charge in [0, 0.05) is 19.6 Å². The van der Waals surface area contributed by atoms with Gasteiger partial charge >= 0.3 is 6.03 Å². The number of rotatable bonds is 4. The average Bonchev–Trinajstić information content (AvgIpc) is 2.43. The molecule has 1 aliphatic heterocycles. The van der Waals surface area contributed by atoms with Crippen LogP contribution in [0.3, 0.4) is 0 Å². The van der Waals surface area contributed by atoms with E-state index in [-0.39, 0.29) is 23.5 Å². The highest BCUT2D eigenvalue weighted by Gasteiger charge is 2.34. The Labute approximate surface area is 126 Å². The topological polar surface area (TPSA) is 70.7 Å². The van der Waals surface area contributed by atoms with Crippen molar-refractivity contribution in [3.8, 4) is 0 Å². The van der Waals surface area contributed by atoms with Crippen LogP contribution in [0.2, 0.25) is 0 Å². The summed E-state index contributed by atoms with van der Waals surface area (Å²) in [6.45, 7) is 14.0. The average molecular weight is 297 g/mol. The number of urea groups is 1. The summed E-state index contributed by atoms with van der Waals surface area (Å²) in [7, 11) is 0. The molecule has 1 rings (SSSR count). The second-order valence-electron chi connectivity index (χ2n) is 6.38. The molecule has 0 radical (unpaired) electrons. The van der Waals surface area contributed by atoms with Crippen molar-refractivity contribution in [1.82, 2.24) is 15.5 Å². The molecule has 0 saturated carbocycles. The van der Waals surface area contributed by atoms with E-state index >= 15 is 0 Å². The van der Waals surface area contributed by atoms with E-state index in [1.165, 1.54) is 0 Å². The van der Waals surface area contributed by atoms with Gasteiger partial charge in [0.2, 0.25) is 5.91 Å². The van der Waals surface area contributed by atoms with Crippen LogP contribution in [0.25, 0.3) is 0 Å². The molecular weight excluding hydrogens is 270 g/mol. The van der Waals surface area contributed by atoms with Crippen LogP contribution in [0, 0.1) is 5.41 Å². The molecule has 3 amide bonds. The van der Waals surface area contributed by atoms with Crippen molar-refractivity contribution in [2.24, 2.45) is 5.41 Å². The van der Waals surface area contributed by atoms with E-state index in [0.717, 1.165) is 0 Å².